The second-order valence-electron chi connectivity index (χ2n) is 5.57. The summed E-state index contributed by atoms with van der Waals surface area (Å²) in [5.74, 6) is 1.51. The Balaban J connectivity index is 1.70. The molecule has 1 aromatic rings. The Morgan fingerprint density at radius 3 is 2.28 bits per heavy atom. The van der Waals surface area contributed by atoms with Crippen molar-refractivity contribution in [3.05, 3.63) is 24.0 Å². The largest absolute Gasteiger partial charge is 0.397 e. The Kier molecular flexibility index (Phi) is 2.94. The van der Waals surface area contributed by atoms with E-state index >= 15 is 0 Å². The van der Waals surface area contributed by atoms with E-state index in [1.807, 2.05) is 4.90 Å². The predicted molar refractivity (Wildman–Crippen MR) is 70.0 cm³/mol. The molecule has 2 fully saturated rings. The van der Waals surface area contributed by atoms with Crippen LogP contribution in [0.5, 0.6) is 0 Å². The van der Waals surface area contributed by atoms with Crippen molar-refractivity contribution in [2.24, 2.45) is 11.8 Å². The van der Waals surface area contributed by atoms with Gasteiger partial charge in [-0.15, -0.1) is 0 Å². The molecule has 0 saturated heterocycles. The Morgan fingerprint density at radius 2 is 1.83 bits per heavy atom. The highest BCUT2D eigenvalue weighted by Crippen LogP contribution is 2.34. The maximum absolute atomic E-state index is 12.4. The minimum atomic E-state index is 0.0637. The van der Waals surface area contributed by atoms with E-state index in [1.165, 1.54) is 25.7 Å². The van der Waals surface area contributed by atoms with Gasteiger partial charge in [0.15, 0.2) is 0 Å². The van der Waals surface area contributed by atoms with Crippen molar-refractivity contribution in [2.45, 2.75) is 25.7 Å². The van der Waals surface area contributed by atoms with Crippen LogP contribution in [0.2, 0.25) is 0 Å². The zero-order chi connectivity index (χ0) is 12.5. The minimum Gasteiger partial charge on any atom is -0.397 e. The first-order valence-corrected chi connectivity index (χ1v) is 6.73. The number of carbonyl (C=O) groups is 1. The number of nitrogen functional groups attached to an aromatic ring is 1. The highest BCUT2D eigenvalue weighted by molar-refractivity contribution is 5.92. The van der Waals surface area contributed by atoms with Crippen LogP contribution in [0.15, 0.2) is 18.3 Å². The van der Waals surface area contributed by atoms with Gasteiger partial charge in [0.25, 0.3) is 5.91 Å². The average molecular weight is 245 g/mol. The molecule has 2 saturated carbocycles. The van der Waals surface area contributed by atoms with Gasteiger partial charge in [0.1, 0.15) is 5.69 Å². The molecule has 0 bridgehead atoms. The number of hydrogen-bond donors (Lipinski definition) is 1. The summed E-state index contributed by atoms with van der Waals surface area (Å²) in [6, 6.07) is 3.47. The first-order valence-electron chi connectivity index (χ1n) is 6.73. The fourth-order valence-corrected chi connectivity index (χ4v) is 2.16. The monoisotopic (exact) mass is 245 g/mol. The molecular formula is C14H19N3O. The van der Waals surface area contributed by atoms with Crippen LogP contribution in [0.25, 0.3) is 0 Å². The highest BCUT2D eigenvalue weighted by Gasteiger charge is 2.32. The molecule has 0 spiro atoms. The molecule has 4 heteroatoms. The Hall–Kier alpha value is -1.58. The van der Waals surface area contributed by atoms with Gasteiger partial charge in [-0.25, -0.2) is 4.98 Å². The van der Waals surface area contributed by atoms with Gasteiger partial charge >= 0.3 is 0 Å². The molecule has 0 aliphatic heterocycles. The van der Waals surface area contributed by atoms with E-state index in [9.17, 15) is 4.79 Å². The molecule has 1 aromatic heterocycles. The van der Waals surface area contributed by atoms with E-state index in [0.717, 1.165) is 24.9 Å². The zero-order valence-corrected chi connectivity index (χ0v) is 10.5. The second-order valence-corrected chi connectivity index (χ2v) is 5.57. The lowest BCUT2D eigenvalue weighted by molar-refractivity contribution is 0.0733. The average Bonchev–Trinajstić information content (AvgIpc) is 3.23. The van der Waals surface area contributed by atoms with Gasteiger partial charge in [0.2, 0.25) is 0 Å². The van der Waals surface area contributed by atoms with Crippen molar-refractivity contribution < 1.29 is 4.79 Å². The van der Waals surface area contributed by atoms with E-state index < -0.39 is 0 Å². The molecule has 1 heterocycles. The summed E-state index contributed by atoms with van der Waals surface area (Å²) in [6.07, 6.45) is 6.63. The van der Waals surface area contributed by atoms with Crippen LogP contribution in [0.4, 0.5) is 5.69 Å². The summed E-state index contributed by atoms with van der Waals surface area (Å²) in [5, 5.41) is 0. The molecule has 0 unspecified atom stereocenters. The molecule has 3 rings (SSSR count). The van der Waals surface area contributed by atoms with E-state index in [0.29, 0.717) is 11.4 Å². The van der Waals surface area contributed by atoms with Crippen LogP contribution in [0.1, 0.15) is 36.2 Å². The number of nitrogens with two attached hydrogens (primary N) is 1. The van der Waals surface area contributed by atoms with Crippen molar-refractivity contribution in [1.29, 1.82) is 0 Å². The first kappa shape index (κ1) is 11.5. The number of amides is 1. The summed E-state index contributed by atoms with van der Waals surface area (Å²) in [6.45, 7) is 1.81. The smallest absolute Gasteiger partial charge is 0.272 e. The van der Waals surface area contributed by atoms with Crippen molar-refractivity contribution in [2.75, 3.05) is 18.8 Å². The third kappa shape index (κ3) is 2.81. The molecule has 2 aliphatic rings. The van der Waals surface area contributed by atoms with Crippen molar-refractivity contribution in [3.63, 3.8) is 0 Å². The third-order valence-corrected chi connectivity index (χ3v) is 3.64. The summed E-state index contributed by atoms with van der Waals surface area (Å²) in [7, 11) is 0. The van der Waals surface area contributed by atoms with E-state index in [-0.39, 0.29) is 5.91 Å². The summed E-state index contributed by atoms with van der Waals surface area (Å²) >= 11 is 0. The molecule has 2 aliphatic carbocycles. The van der Waals surface area contributed by atoms with E-state index in [4.69, 9.17) is 5.73 Å². The van der Waals surface area contributed by atoms with E-state index in [1.54, 1.807) is 18.3 Å². The Morgan fingerprint density at radius 1 is 1.22 bits per heavy atom. The fourth-order valence-electron chi connectivity index (χ4n) is 2.16. The molecule has 4 nitrogen and oxygen atoms in total. The van der Waals surface area contributed by atoms with Gasteiger partial charge in [-0.1, -0.05) is 0 Å². The number of nitrogens with zero attached hydrogens (tertiary/aromatic N) is 2. The molecule has 0 atom stereocenters. The lowest BCUT2D eigenvalue weighted by Crippen LogP contribution is -2.35. The number of anilines is 1. The zero-order valence-electron chi connectivity index (χ0n) is 10.5. The van der Waals surface area contributed by atoms with Gasteiger partial charge in [-0.3, -0.25) is 4.79 Å². The maximum atomic E-state index is 12.4. The topological polar surface area (TPSA) is 59.2 Å². The van der Waals surface area contributed by atoms with Crippen molar-refractivity contribution in [1.82, 2.24) is 9.88 Å². The molecule has 0 radical (unpaired) electrons. The standard InChI is InChI=1S/C14H19N3O/c15-12-5-6-13(16-7-12)14(18)17(8-10-1-2-10)9-11-3-4-11/h5-7,10-11H,1-4,8-9,15H2. The normalized spacial score (nSPS) is 18.7. The molecule has 96 valence electrons. The fraction of sp³-hybridized carbons (Fsp3) is 0.571. The van der Waals surface area contributed by atoms with Gasteiger partial charge in [0, 0.05) is 13.1 Å². The quantitative estimate of drug-likeness (QED) is 0.862. The first-order chi connectivity index (χ1) is 8.72. The van der Waals surface area contributed by atoms with Crippen LogP contribution < -0.4 is 5.73 Å². The van der Waals surface area contributed by atoms with Crippen LogP contribution in [0.3, 0.4) is 0 Å². The molecule has 0 aromatic carbocycles. The molecule has 2 N–H and O–H groups in total. The lowest BCUT2D eigenvalue weighted by Gasteiger charge is -2.22. The SMILES string of the molecule is Nc1ccc(C(=O)N(CC2CC2)CC2CC2)nc1. The number of rotatable bonds is 5. The summed E-state index contributed by atoms with van der Waals surface area (Å²) in [5.41, 5.74) is 6.72. The van der Waals surface area contributed by atoms with E-state index in [2.05, 4.69) is 4.98 Å². The molecule has 1 amide bonds. The maximum Gasteiger partial charge on any atom is 0.272 e. The number of carbonyl (C=O) groups excluding carboxylic acids is 1. The van der Waals surface area contributed by atoms with Crippen LogP contribution in [0, 0.1) is 11.8 Å². The Labute approximate surface area is 107 Å². The van der Waals surface area contributed by atoms with Gasteiger partial charge in [-0.05, 0) is 49.7 Å². The number of pyridine rings is 1. The minimum absolute atomic E-state index is 0.0637. The van der Waals surface area contributed by atoms with Crippen LogP contribution in [-0.2, 0) is 0 Å². The van der Waals surface area contributed by atoms with Crippen molar-refractivity contribution in [3.8, 4) is 0 Å². The highest BCUT2D eigenvalue weighted by atomic mass is 16.2. The summed E-state index contributed by atoms with van der Waals surface area (Å²) in [4.78, 5) is 18.5. The molecular weight excluding hydrogens is 226 g/mol. The second kappa shape index (κ2) is 4.59. The predicted octanol–water partition coefficient (Wildman–Crippen LogP) is 1.93. The van der Waals surface area contributed by atoms with Crippen LogP contribution >= 0.6 is 0 Å². The third-order valence-electron chi connectivity index (χ3n) is 3.64. The molecule has 18 heavy (non-hydrogen) atoms. The van der Waals surface area contributed by atoms with Gasteiger partial charge in [0.05, 0.1) is 11.9 Å². The van der Waals surface area contributed by atoms with Crippen LogP contribution in [-0.4, -0.2) is 28.9 Å². The van der Waals surface area contributed by atoms with Crippen molar-refractivity contribution >= 4 is 11.6 Å². The van der Waals surface area contributed by atoms with Gasteiger partial charge < -0.3 is 10.6 Å². The number of aromatic nitrogens is 1. The summed E-state index contributed by atoms with van der Waals surface area (Å²) < 4.78 is 0. The number of hydrogen-bond acceptors (Lipinski definition) is 3. The lowest BCUT2D eigenvalue weighted by atomic mass is 10.2. The van der Waals surface area contributed by atoms with Gasteiger partial charge in [-0.2, -0.15) is 0 Å². The Bertz CT molecular complexity index is 421.